The molecule has 0 unspecified atom stereocenters. The maximum absolute atomic E-state index is 9.12. The molecule has 0 aliphatic carbocycles. The van der Waals surface area contributed by atoms with Gasteiger partial charge < -0.3 is 5.11 Å². The largest absolute Gasteiger partial charge is 0.392 e. The van der Waals surface area contributed by atoms with Crippen LogP contribution in [0.4, 0.5) is 0 Å². The van der Waals surface area contributed by atoms with E-state index in [2.05, 4.69) is 26.2 Å². The Hall–Kier alpha value is -0.940. The van der Waals surface area contributed by atoms with Gasteiger partial charge in [0.1, 0.15) is 5.52 Å². The predicted molar refractivity (Wildman–Crippen MR) is 52.1 cm³/mol. The molecule has 0 saturated carbocycles. The molecule has 0 radical (unpaired) electrons. The number of fused-ring (bicyclic) bond motifs is 1. The number of aryl methyl sites for hydroxylation is 1. The van der Waals surface area contributed by atoms with Crippen LogP contribution in [-0.2, 0) is 13.7 Å². The number of aliphatic hydroxyl groups is 1. The lowest BCUT2D eigenvalue weighted by Gasteiger charge is -2.00. The van der Waals surface area contributed by atoms with Gasteiger partial charge in [0.25, 0.3) is 0 Å². The van der Waals surface area contributed by atoms with Gasteiger partial charge in [0.05, 0.1) is 12.1 Å². The molecule has 1 N–H and O–H groups in total. The monoisotopic (exact) mass is 241 g/mol. The number of hydrogen-bond acceptors (Lipinski definition) is 3. The molecular formula is C8H8BrN3O. The minimum atomic E-state index is -0.0311. The van der Waals surface area contributed by atoms with Crippen molar-refractivity contribution < 1.29 is 5.11 Å². The molecule has 4 nitrogen and oxygen atoms in total. The van der Waals surface area contributed by atoms with Gasteiger partial charge in [-0.15, -0.1) is 5.10 Å². The molecule has 1 heterocycles. The third-order valence-electron chi connectivity index (χ3n) is 1.99. The zero-order chi connectivity index (χ0) is 9.42. The fourth-order valence-electron chi connectivity index (χ4n) is 1.28. The van der Waals surface area contributed by atoms with Crippen molar-refractivity contribution in [3.8, 4) is 0 Å². The third kappa shape index (κ3) is 1.24. The van der Waals surface area contributed by atoms with Crippen molar-refractivity contribution in [1.29, 1.82) is 0 Å². The number of nitrogens with zero attached hydrogens (tertiary/aromatic N) is 3. The molecule has 68 valence electrons. The fourth-order valence-corrected chi connectivity index (χ4v) is 1.73. The van der Waals surface area contributed by atoms with Gasteiger partial charge in [0.2, 0.25) is 0 Å². The molecule has 0 aliphatic heterocycles. The Morgan fingerprint density at radius 1 is 1.54 bits per heavy atom. The van der Waals surface area contributed by atoms with E-state index >= 15 is 0 Å². The van der Waals surface area contributed by atoms with Gasteiger partial charge in [-0.1, -0.05) is 21.1 Å². The second-order valence-corrected chi connectivity index (χ2v) is 3.62. The summed E-state index contributed by atoms with van der Waals surface area (Å²) < 4.78 is 2.55. The summed E-state index contributed by atoms with van der Waals surface area (Å²) in [6.45, 7) is -0.0311. The molecule has 0 spiro atoms. The summed E-state index contributed by atoms with van der Waals surface area (Å²) in [6.07, 6.45) is 0. The van der Waals surface area contributed by atoms with Gasteiger partial charge in [0.15, 0.2) is 0 Å². The minimum absolute atomic E-state index is 0.0311. The van der Waals surface area contributed by atoms with E-state index in [4.69, 9.17) is 5.11 Å². The quantitative estimate of drug-likeness (QED) is 0.818. The zero-order valence-corrected chi connectivity index (χ0v) is 8.61. The van der Waals surface area contributed by atoms with Crippen LogP contribution in [0.25, 0.3) is 11.0 Å². The fraction of sp³-hybridized carbons (Fsp3) is 0.250. The summed E-state index contributed by atoms with van der Waals surface area (Å²) in [5, 5.41) is 17.0. The van der Waals surface area contributed by atoms with Crippen molar-refractivity contribution in [1.82, 2.24) is 15.0 Å². The van der Waals surface area contributed by atoms with Crippen LogP contribution >= 0.6 is 15.9 Å². The molecule has 0 bridgehead atoms. The number of hydrogen-bond donors (Lipinski definition) is 1. The summed E-state index contributed by atoms with van der Waals surface area (Å²) in [5.41, 5.74) is 2.46. The Morgan fingerprint density at radius 2 is 2.31 bits per heavy atom. The van der Waals surface area contributed by atoms with Crippen LogP contribution < -0.4 is 0 Å². The van der Waals surface area contributed by atoms with Crippen molar-refractivity contribution in [3.05, 3.63) is 22.2 Å². The van der Waals surface area contributed by atoms with Crippen LogP contribution in [0.1, 0.15) is 5.56 Å². The van der Waals surface area contributed by atoms with Gasteiger partial charge in [-0.2, -0.15) is 0 Å². The number of rotatable bonds is 1. The number of aromatic nitrogens is 3. The van der Waals surface area contributed by atoms with Gasteiger partial charge in [-0.25, -0.2) is 4.68 Å². The molecule has 1 aromatic heterocycles. The maximum Gasteiger partial charge on any atom is 0.119 e. The van der Waals surface area contributed by atoms with E-state index in [0.717, 1.165) is 21.1 Å². The van der Waals surface area contributed by atoms with Gasteiger partial charge >= 0.3 is 0 Å². The topological polar surface area (TPSA) is 50.9 Å². The Morgan fingerprint density at radius 3 is 3.00 bits per heavy atom. The van der Waals surface area contributed by atoms with Crippen molar-refractivity contribution in [2.45, 2.75) is 6.61 Å². The molecule has 0 saturated heterocycles. The summed E-state index contributed by atoms with van der Waals surface area (Å²) in [7, 11) is 1.82. The Bertz CT molecular complexity index is 452. The average Bonchev–Trinajstić information content (AvgIpc) is 2.48. The number of aliphatic hydroxyl groups excluding tert-OH is 1. The Balaban J connectivity index is 2.85. The second-order valence-electron chi connectivity index (χ2n) is 2.76. The number of benzene rings is 1. The lowest BCUT2D eigenvalue weighted by molar-refractivity contribution is 0.282. The maximum atomic E-state index is 9.12. The van der Waals surface area contributed by atoms with E-state index in [1.165, 1.54) is 0 Å². The normalized spacial score (nSPS) is 11.0. The van der Waals surface area contributed by atoms with Crippen molar-refractivity contribution in [2.75, 3.05) is 0 Å². The summed E-state index contributed by atoms with van der Waals surface area (Å²) in [5.74, 6) is 0. The van der Waals surface area contributed by atoms with E-state index < -0.39 is 0 Å². The van der Waals surface area contributed by atoms with Crippen LogP contribution in [0.2, 0.25) is 0 Å². The van der Waals surface area contributed by atoms with Gasteiger partial charge in [0, 0.05) is 17.1 Å². The number of halogens is 1. The molecule has 2 aromatic rings. The van der Waals surface area contributed by atoms with Crippen LogP contribution in [0, 0.1) is 0 Å². The lowest BCUT2D eigenvalue weighted by Crippen LogP contribution is -1.90. The van der Waals surface area contributed by atoms with E-state index in [0.29, 0.717) is 0 Å². The van der Waals surface area contributed by atoms with E-state index in [9.17, 15) is 0 Å². The first-order chi connectivity index (χ1) is 6.24. The van der Waals surface area contributed by atoms with Crippen molar-refractivity contribution in [2.24, 2.45) is 7.05 Å². The highest BCUT2D eigenvalue weighted by Gasteiger charge is 2.09. The molecule has 13 heavy (non-hydrogen) atoms. The first-order valence-electron chi connectivity index (χ1n) is 3.81. The molecule has 0 atom stereocenters. The average molecular weight is 242 g/mol. The first kappa shape index (κ1) is 8.65. The summed E-state index contributed by atoms with van der Waals surface area (Å²) >= 11 is 3.35. The SMILES string of the molecule is Cn1nnc2c(CO)c(Br)ccc21. The van der Waals surface area contributed by atoms with Gasteiger partial charge in [-0.3, -0.25) is 0 Å². The molecule has 5 heteroatoms. The zero-order valence-electron chi connectivity index (χ0n) is 7.03. The third-order valence-corrected chi connectivity index (χ3v) is 2.73. The highest BCUT2D eigenvalue weighted by Crippen LogP contribution is 2.24. The highest BCUT2D eigenvalue weighted by molar-refractivity contribution is 9.10. The van der Waals surface area contributed by atoms with Crippen LogP contribution in [0.5, 0.6) is 0 Å². The molecule has 0 aliphatic rings. The Kier molecular flexibility index (Phi) is 2.05. The van der Waals surface area contributed by atoms with E-state index in [-0.39, 0.29) is 6.61 Å². The van der Waals surface area contributed by atoms with E-state index in [1.54, 1.807) is 4.68 Å². The standard InChI is InChI=1S/C8H8BrN3O/c1-12-7-3-2-6(9)5(4-13)8(7)10-11-12/h2-3,13H,4H2,1H3. The summed E-state index contributed by atoms with van der Waals surface area (Å²) in [6, 6.07) is 3.80. The van der Waals surface area contributed by atoms with Crippen LogP contribution in [0.15, 0.2) is 16.6 Å². The first-order valence-corrected chi connectivity index (χ1v) is 4.61. The molecule has 2 rings (SSSR count). The van der Waals surface area contributed by atoms with Crippen LogP contribution in [-0.4, -0.2) is 20.1 Å². The van der Waals surface area contributed by atoms with E-state index in [1.807, 2.05) is 19.2 Å². The Labute approximate surface area is 83.3 Å². The van der Waals surface area contributed by atoms with Gasteiger partial charge in [-0.05, 0) is 12.1 Å². The van der Waals surface area contributed by atoms with Crippen molar-refractivity contribution >= 4 is 27.0 Å². The van der Waals surface area contributed by atoms with Crippen LogP contribution in [0.3, 0.4) is 0 Å². The lowest BCUT2D eigenvalue weighted by atomic mass is 10.2. The van der Waals surface area contributed by atoms with Crippen molar-refractivity contribution in [3.63, 3.8) is 0 Å². The molecule has 0 amide bonds. The smallest absolute Gasteiger partial charge is 0.119 e. The molecular weight excluding hydrogens is 234 g/mol. The summed E-state index contributed by atoms with van der Waals surface area (Å²) in [4.78, 5) is 0. The highest BCUT2D eigenvalue weighted by atomic mass is 79.9. The molecule has 0 fully saturated rings. The second kappa shape index (κ2) is 3.08. The predicted octanol–water partition coefficient (Wildman–Crippen LogP) is 1.22. The minimum Gasteiger partial charge on any atom is -0.392 e. The molecule has 1 aromatic carbocycles.